The van der Waals surface area contributed by atoms with Crippen LogP contribution in [0, 0.1) is 3.57 Å². The normalized spacial score (nSPS) is 17.9. The van der Waals surface area contributed by atoms with Gasteiger partial charge in [0.1, 0.15) is 0 Å². The van der Waals surface area contributed by atoms with Crippen LogP contribution in [0.3, 0.4) is 0 Å². The Morgan fingerprint density at radius 3 is 2.73 bits per heavy atom. The second-order valence-electron chi connectivity index (χ2n) is 4.00. The molecule has 0 radical (unpaired) electrons. The Bertz CT molecular complexity index is 308. The van der Waals surface area contributed by atoms with Gasteiger partial charge in [-0.25, -0.2) is 0 Å². The summed E-state index contributed by atoms with van der Waals surface area (Å²) in [5.74, 6) is 0. The molecule has 0 aliphatic carbocycles. The van der Waals surface area contributed by atoms with E-state index < -0.39 is 0 Å². The predicted octanol–water partition coefficient (Wildman–Crippen LogP) is 2.13. The molecular weight excluding hydrogens is 299 g/mol. The van der Waals surface area contributed by atoms with Crippen LogP contribution in [-0.4, -0.2) is 19.1 Å². The van der Waals surface area contributed by atoms with Crippen molar-refractivity contribution in [3.8, 4) is 0 Å². The van der Waals surface area contributed by atoms with Crippen molar-refractivity contribution in [2.24, 2.45) is 0 Å². The van der Waals surface area contributed by atoms with Gasteiger partial charge in [-0.2, -0.15) is 0 Å². The summed E-state index contributed by atoms with van der Waals surface area (Å²) in [6.45, 7) is 3.32. The van der Waals surface area contributed by atoms with E-state index in [1.807, 2.05) is 0 Å². The third kappa shape index (κ3) is 3.43. The van der Waals surface area contributed by atoms with Crippen LogP contribution in [0.4, 0.5) is 0 Å². The number of piperidine rings is 1. The molecule has 2 N–H and O–H groups in total. The number of rotatable bonds is 3. The second-order valence-corrected chi connectivity index (χ2v) is 5.16. The standard InChI is InChI=1S/C12H17IN2/c13-12-4-2-1-3-10(12)9-15-11-5-7-14-8-6-11/h1-4,11,14-15H,5-9H2. The van der Waals surface area contributed by atoms with Crippen molar-refractivity contribution in [2.75, 3.05) is 13.1 Å². The van der Waals surface area contributed by atoms with Crippen molar-refractivity contribution < 1.29 is 0 Å². The van der Waals surface area contributed by atoms with Gasteiger partial charge >= 0.3 is 0 Å². The Kier molecular flexibility index (Phi) is 4.41. The Morgan fingerprint density at radius 2 is 2.00 bits per heavy atom. The molecule has 3 heteroatoms. The molecule has 82 valence electrons. The first-order valence-corrected chi connectivity index (χ1v) is 6.61. The maximum absolute atomic E-state index is 3.63. The number of hydrogen-bond donors (Lipinski definition) is 2. The highest BCUT2D eigenvalue weighted by Crippen LogP contribution is 2.12. The van der Waals surface area contributed by atoms with Crippen molar-refractivity contribution in [3.05, 3.63) is 33.4 Å². The van der Waals surface area contributed by atoms with E-state index >= 15 is 0 Å². The summed E-state index contributed by atoms with van der Waals surface area (Å²) in [6, 6.07) is 9.27. The van der Waals surface area contributed by atoms with Gasteiger partial charge in [-0.3, -0.25) is 0 Å². The SMILES string of the molecule is Ic1ccccc1CNC1CCNCC1. The molecule has 15 heavy (non-hydrogen) atoms. The molecular formula is C12H17IN2. The van der Waals surface area contributed by atoms with E-state index in [-0.39, 0.29) is 0 Å². The molecule has 1 aromatic rings. The largest absolute Gasteiger partial charge is 0.317 e. The molecule has 0 atom stereocenters. The summed E-state index contributed by atoms with van der Waals surface area (Å²) in [5, 5.41) is 7.02. The van der Waals surface area contributed by atoms with Crippen LogP contribution in [0.25, 0.3) is 0 Å². The second kappa shape index (κ2) is 5.82. The highest BCUT2D eigenvalue weighted by atomic mass is 127. The van der Waals surface area contributed by atoms with Crippen LogP contribution in [0.5, 0.6) is 0 Å². The molecule has 0 aromatic heterocycles. The minimum Gasteiger partial charge on any atom is -0.317 e. The van der Waals surface area contributed by atoms with Crippen LogP contribution in [0.1, 0.15) is 18.4 Å². The summed E-state index contributed by atoms with van der Waals surface area (Å²) in [7, 11) is 0. The van der Waals surface area contributed by atoms with Crippen molar-refractivity contribution in [1.29, 1.82) is 0 Å². The summed E-state index contributed by atoms with van der Waals surface area (Å²) in [6.07, 6.45) is 2.51. The Balaban J connectivity index is 1.84. The van der Waals surface area contributed by atoms with E-state index in [2.05, 4.69) is 57.5 Å². The van der Waals surface area contributed by atoms with Gasteiger partial charge in [0.05, 0.1) is 0 Å². The fourth-order valence-electron chi connectivity index (χ4n) is 1.92. The van der Waals surface area contributed by atoms with E-state index in [0.29, 0.717) is 6.04 Å². The minimum atomic E-state index is 0.697. The number of benzene rings is 1. The van der Waals surface area contributed by atoms with E-state index in [1.54, 1.807) is 0 Å². The third-order valence-electron chi connectivity index (χ3n) is 2.88. The molecule has 1 heterocycles. The topological polar surface area (TPSA) is 24.1 Å². The maximum Gasteiger partial charge on any atom is 0.0218 e. The van der Waals surface area contributed by atoms with Gasteiger partial charge in [0.2, 0.25) is 0 Å². The third-order valence-corrected chi connectivity index (χ3v) is 3.93. The van der Waals surface area contributed by atoms with Crippen LogP contribution in [0.2, 0.25) is 0 Å². The van der Waals surface area contributed by atoms with Crippen LogP contribution in [-0.2, 0) is 6.54 Å². The molecule has 1 fully saturated rings. The van der Waals surface area contributed by atoms with Gasteiger partial charge < -0.3 is 10.6 Å². The zero-order valence-corrected chi connectivity index (χ0v) is 11.0. The van der Waals surface area contributed by atoms with Gasteiger partial charge in [0.15, 0.2) is 0 Å². The van der Waals surface area contributed by atoms with Gasteiger partial charge in [-0.1, -0.05) is 18.2 Å². The number of hydrogen-bond acceptors (Lipinski definition) is 2. The molecule has 0 bridgehead atoms. The smallest absolute Gasteiger partial charge is 0.0218 e. The molecule has 0 spiro atoms. The number of halogens is 1. The minimum absolute atomic E-state index is 0.697. The Labute approximate surface area is 105 Å². The lowest BCUT2D eigenvalue weighted by molar-refractivity contribution is 0.386. The molecule has 2 rings (SSSR count). The average Bonchev–Trinajstić information content (AvgIpc) is 2.29. The lowest BCUT2D eigenvalue weighted by Crippen LogP contribution is -2.39. The fraction of sp³-hybridized carbons (Fsp3) is 0.500. The molecule has 0 amide bonds. The lowest BCUT2D eigenvalue weighted by Gasteiger charge is -2.24. The predicted molar refractivity (Wildman–Crippen MR) is 71.9 cm³/mol. The Hall–Kier alpha value is -0.130. The van der Waals surface area contributed by atoms with E-state index in [0.717, 1.165) is 19.6 Å². The van der Waals surface area contributed by atoms with Crippen molar-refractivity contribution in [1.82, 2.24) is 10.6 Å². The molecule has 1 saturated heterocycles. The molecule has 2 nitrogen and oxygen atoms in total. The molecule has 0 saturated carbocycles. The van der Waals surface area contributed by atoms with Crippen LogP contribution >= 0.6 is 22.6 Å². The molecule has 1 aliphatic rings. The van der Waals surface area contributed by atoms with Gasteiger partial charge in [-0.05, 0) is 60.2 Å². The summed E-state index contributed by atoms with van der Waals surface area (Å²) in [4.78, 5) is 0. The molecule has 1 aromatic carbocycles. The summed E-state index contributed by atoms with van der Waals surface area (Å²) >= 11 is 2.40. The van der Waals surface area contributed by atoms with Crippen molar-refractivity contribution in [3.63, 3.8) is 0 Å². The number of nitrogens with one attached hydrogen (secondary N) is 2. The summed E-state index contributed by atoms with van der Waals surface area (Å²) < 4.78 is 1.36. The fourth-order valence-corrected chi connectivity index (χ4v) is 2.50. The first-order chi connectivity index (χ1) is 7.36. The molecule has 1 aliphatic heterocycles. The Morgan fingerprint density at radius 1 is 1.27 bits per heavy atom. The van der Waals surface area contributed by atoms with E-state index in [9.17, 15) is 0 Å². The summed E-state index contributed by atoms with van der Waals surface area (Å²) in [5.41, 5.74) is 1.41. The average molecular weight is 316 g/mol. The van der Waals surface area contributed by atoms with E-state index in [1.165, 1.54) is 22.0 Å². The van der Waals surface area contributed by atoms with E-state index in [4.69, 9.17) is 0 Å². The lowest BCUT2D eigenvalue weighted by atomic mass is 10.1. The van der Waals surface area contributed by atoms with Crippen molar-refractivity contribution >= 4 is 22.6 Å². The zero-order valence-electron chi connectivity index (χ0n) is 8.80. The first-order valence-electron chi connectivity index (χ1n) is 5.54. The highest BCUT2D eigenvalue weighted by Gasteiger charge is 2.11. The zero-order chi connectivity index (χ0) is 10.5. The first kappa shape index (κ1) is 11.4. The van der Waals surface area contributed by atoms with Gasteiger partial charge in [0.25, 0.3) is 0 Å². The van der Waals surface area contributed by atoms with Gasteiger partial charge in [0, 0.05) is 16.2 Å². The van der Waals surface area contributed by atoms with Gasteiger partial charge in [-0.15, -0.1) is 0 Å². The van der Waals surface area contributed by atoms with Crippen molar-refractivity contribution in [2.45, 2.75) is 25.4 Å². The molecule has 0 unspecified atom stereocenters. The maximum atomic E-state index is 3.63. The highest BCUT2D eigenvalue weighted by molar-refractivity contribution is 14.1. The van der Waals surface area contributed by atoms with Crippen LogP contribution < -0.4 is 10.6 Å². The quantitative estimate of drug-likeness (QED) is 0.835. The monoisotopic (exact) mass is 316 g/mol. The van der Waals surface area contributed by atoms with Crippen LogP contribution in [0.15, 0.2) is 24.3 Å².